The van der Waals surface area contributed by atoms with Crippen LogP contribution in [-0.4, -0.2) is 98.8 Å². The molecule has 0 aromatic carbocycles. The minimum Gasteiger partial charge on any atom is -0.378 e. The van der Waals surface area contributed by atoms with Gasteiger partial charge in [0, 0.05) is 65.5 Å². The summed E-state index contributed by atoms with van der Waals surface area (Å²) in [5.74, 6) is 1.68. The Hall–Kier alpha value is -0.120. The molecule has 2 rings (SSSR count). The van der Waals surface area contributed by atoms with Crippen LogP contribution in [0.25, 0.3) is 0 Å². The summed E-state index contributed by atoms with van der Waals surface area (Å²) in [6.45, 7) is 20.7. The third-order valence-corrected chi connectivity index (χ3v) is 5.51. The van der Waals surface area contributed by atoms with E-state index in [1.54, 1.807) is 0 Å². The molecule has 27 heavy (non-hydrogen) atoms. The lowest BCUT2D eigenvalue weighted by Gasteiger charge is -2.35. The van der Waals surface area contributed by atoms with Crippen molar-refractivity contribution in [1.29, 1.82) is 0 Å². The molecule has 0 saturated carbocycles. The lowest BCUT2D eigenvalue weighted by molar-refractivity contribution is 0.0263. The molecule has 0 aromatic heterocycles. The zero-order valence-corrected chi connectivity index (χ0v) is 20.3. The van der Waals surface area contributed by atoms with Crippen molar-refractivity contribution in [3.05, 3.63) is 0 Å². The summed E-state index contributed by atoms with van der Waals surface area (Å²) < 4.78 is 5.77. The van der Waals surface area contributed by atoms with Crippen LogP contribution >= 0.6 is 24.0 Å². The highest BCUT2D eigenvalue weighted by molar-refractivity contribution is 14.0. The molecule has 0 amide bonds. The topological polar surface area (TPSA) is 43.3 Å². The smallest absolute Gasteiger partial charge is 0.193 e. The maximum Gasteiger partial charge on any atom is 0.193 e. The van der Waals surface area contributed by atoms with E-state index in [9.17, 15) is 0 Å². The monoisotopic (exact) mass is 495 g/mol. The summed E-state index contributed by atoms with van der Waals surface area (Å²) in [5.41, 5.74) is 0. The normalized spacial score (nSPS) is 21.8. The molecule has 2 heterocycles. The quantitative estimate of drug-likeness (QED) is 0.318. The number of likely N-dealkylation sites (N-methyl/N-ethyl adjacent to an activating group) is 1. The van der Waals surface area contributed by atoms with E-state index >= 15 is 0 Å². The Balaban J connectivity index is 0.00000364. The standard InChI is InChI=1S/C20H41N5O.HI/c1-5-21-20(25-10-8-19(9-11-25)26-7-3)22-16-18(4)17-24-14-12-23(6-2)13-15-24;/h18-19H,5-17H2,1-4H3,(H,21,22);1H. The maximum absolute atomic E-state index is 5.77. The number of nitrogens with zero attached hydrogens (tertiary/aromatic N) is 4. The molecule has 2 saturated heterocycles. The first-order chi connectivity index (χ1) is 12.7. The van der Waals surface area contributed by atoms with Crippen LogP contribution in [0.4, 0.5) is 0 Å². The van der Waals surface area contributed by atoms with E-state index in [0.717, 1.165) is 58.1 Å². The predicted octanol–water partition coefficient (Wildman–Crippen LogP) is 2.34. The van der Waals surface area contributed by atoms with Gasteiger partial charge in [-0.1, -0.05) is 13.8 Å². The van der Waals surface area contributed by atoms with Gasteiger partial charge in [0.1, 0.15) is 0 Å². The molecule has 0 spiro atoms. The highest BCUT2D eigenvalue weighted by Gasteiger charge is 2.22. The Kier molecular flexibility index (Phi) is 12.9. The zero-order valence-electron chi connectivity index (χ0n) is 18.0. The van der Waals surface area contributed by atoms with E-state index in [-0.39, 0.29) is 24.0 Å². The fraction of sp³-hybridized carbons (Fsp3) is 0.950. The average molecular weight is 495 g/mol. The molecule has 2 aliphatic rings. The van der Waals surface area contributed by atoms with Gasteiger partial charge in [-0.25, -0.2) is 0 Å². The minimum absolute atomic E-state index is 0. The minimum atomic E-state index is 0. The van der Waals surface area contributed by atoms with Crippen LogP contribution in [0.3, 0.4) is 0 Å². The molecule has 1 unspecified atom stereocenters. The van der Waals surface area contributed by atoms with E-state index in [1.807, 2.05) is 0 Å². The van der Waals surface area contributed by atoms with Crippen molar-refractivity contribution in [1.82, 2.24) is 20.0 Å². The van der Waals surface area contributed by atoms with Crippen molar-refractivity contribution >= 4 is 29.9 Å². The fourth-order valence-corrected chi connectivity index (χ4v) is 3.92. The summed E-state index contributed by atoms with van der Waals surface area (Å²) in [6.07, 6.45) is 2.64. The lowest BCUT2D eigenvalue weighted by atomic mass is 10.1. The number of nitrogens with one attached hydrogen (secondary N) is 1. The molecular weight excluding hydrogens is 453 g/mol. The zero-order chi connectivity index (χ0) is 18.8. The molecule has 7 heteroatoms. The Labute approximate surface area is 184 Å². The van der Waals surface area contributed by atoms with Gasteiger partial charge in [0.2, 0.25) is 0 Å². The van der Waals surface area contributed by atoms with Crippen molar-refractivity contribution in [2.24, 2.45) is 10.9 Å². The first-order valence-corrected chi connectivity index (χ1v) is 10.8. The molecule has 0 aromatic rings. The van der Waals surface area contributed by atoms with Gasteiger partial charge < -0.3 is 24.8 Å². The molecule has 6 nitrogen and oxygen atoms in total. The van der Waals surface area contributed by atoms with Gasteiger partial charge in [0.15, 0.2) is 5.96 Å². The van der Waals surface area contributed by atoms with Crippen LogP contribution in [0.1, 0.15) is 40.5 Å². The van der Waals surface area contributed by atoms with Gasteiger partial charge in [-0.3, -0.25) is 4.99 Å². The van der Waals surface area contributed by atoms with Crippen molar-refractivity contribution < 1.29 is 4.74 Å². The number of aliphatic imine (C=N–C) groups is 1. The van der Waals surface area contributed by atoms with Crippen LogP contribution in [0.5, 0.6) is 0 Å². The number of ether oxygens (including phenoxy) is 1. The van der Waals surface area contributed by atoms with E-state index in [4.69, 9.17) is 9.73 Å². The van der Waals surface area contributed by atoms with Crippen LogP contribution in [-0.2, 0) is 4.74 Å². The fourth-order valence-electron chi connectivity index (χ4n) is 3.92. The summed E-state index contributed by atoms with van der Waals surface area (Å²) in [7, 11) is 0. The summed E-state index contributed by atoms with van der Waals surface area (Å²) in [6, 6.07) is 0. The molecule has 0 radical (unpaired) electrons. The van der Waals surface area contributed by atoms with E-state index in [1.165, 1.54) is 32.7 Å². The van der Waals surface area contributed by atoms with E-state index < -0.39 is 0 Å². The molecule has 1 atom stereocenters. The molecule has 0 bridgehead atoms. The second kappa shape index (κ2) is 14.0. The summed E-state index contributed by atoms with van der Waals surface area (Å²) >= 11 is 0. The second-order valence-corrected chi connectivity index (χ2v) is 7.68. The number of rotatable bonds is 8. The van der Waals surface area contributed by atoms with Gasteiger partial charge in [-0.15, -0.1) is 24.0 Å². The SMILES string of the molecule is CCNC(=NCC(C)CN1CCN(CC)CC1)N1CCC(OCC)CC1.I. The van der Waals surface area contributed by atoms with Crippen molar-refractivity contribution in [3.8, 4) is 0 Å². The Bertz CT molecular complexity index is 407. The van der Waals surface area contributed by atoms with Crippen molar-refractivity contribution in [3.63, 3.8) is 0 Å². The van der Waals surface area contributed by atoms with Crippen molar-refractivity contribution in [2.45, 2.75) is 46.6 Å². The van der Waals surface area contributed by atoms with Gasteiger partial charge in [0.05, 0.1) is 6.10 Å². The third-order valence-electron chi connectivity index (χ3n) is 5.51. The Morgan fingerprint density at radius 3 is 2.22 bits per heavy atom. The number of piperidine rings is 1. The second-order valence-electron chi connectivity index (χ2n) is 7.68. The maximum atomic E-state index is 5.77. The summed E-state index contributed by atoms with van der Waals surface area (Å²) in [5, 5.41) is 3.49. The highest BCUT2D eigenvalue weighted by atomic mass is 127. The van der Waals surface area contributed by atoms with E-state index in [0.29, 0.717) is 12.0 Å². The molecule has 1 N–H and O–H groups in total. The van der Waals surface area contributed by atoms with Crippen LogP contribution in [0, 0.1) is 5.92 Å². The molecule has 160 valence electrons. The number of piperazine rings is 1. The number of hydrogen-bond acceptors (Lipinski definition) is 4. The first-order valence-electron chi connectivity index (χ1n) is 10.8. The number of likely N-dealkylation sites (tertiary alicyclic amines) is 1. The van der Waals surface area contributed by atoms with Gasteiger partial charge in [-0.05, 0) is 39.2 Å². The number of guanidine groups is 1. The predicted molar refractivity (Wildman–Crippen MR) is 125 cm³/mol. The van der Waals surface area contributed by atoms with Gasteiger partial charge in [0.25, 0.3) is 0 Å². The lowest BCUT2D eigenvalue weighted by Crippen LogP contribution is -2.48. The van der Waals surface area contributed by atoms with Crippen LogP contribution in [0.15, 0.2) is 4.99 Å². The first kappa shape index (κ1) is 24.9. The van der Waals surface area contributed by atoms with Crippen LogP contribution in [0.2, 0.25) is 0 Å². The van der Waals surface area contributed by atoms with Gasteiger partial charge in [-0.2, -0.15) is 0 Å². The summed E-state index contributed by atoms with van der Waals surface area (Å²) in [4.78, 5) is 12.5. The molecule has 2 aliphatic heterocycles. The van der Waals surface area contributed by atoms with Crippen LogP contribution < -0.4 is 5.32 Å². The third kappa shape index (κ3) is 8.83. The Morgan fingerprint density at radius 2 is 1.67 bits per heavy atom. The molecule has 2 fully saturated rings. The van der Waals surface area contributed by atoms with Crippen molar-refractivity contribution in [2.75, 3.05) is 72.1 Å². The average Bonchev–Trinajstić information content (AvgIpc) is 2.67. The number of hydrogen-bond donors (Lipinski definition) is 1. The molecule has 0 aliphatic carbocycles. The largest absolute Gasteiger partial charge is 0.378 e. The van der Waals surface area contributed by atoms with E-state index in [2.05, 4.69) is 47.7 Å². The molecular formula is C20H42IN5O. The Morgan fingerprint density at radius 1 is 1.04 bits per heavy atom. The van der Waals surface area contributed by atoms with Gasteiger partial charge >= 0.3 is 0 Å². The number of halogens is 1. The highest BCUT2D eigenvalue weighted by Crippen LogP contribution is 2.14.